The minimum absolute atomic E-state index is 0.308. The largest absolute Gasteiger partial charge is 0.357 e. The van der Waals surface area contributed by atoms with E-state index in [1.807, 2.05) is 6.92 Å². The summed E-state index contributed by atoms with van der Waals surface area (Å²) in [7, 11) is 0. The minimum Gasteiger partial charge on any atom is -0.357 e. The number of benzene rings is 1. The van der Waals surface area contributed by atoms with Crippen molar-refractivity contribution in [3.8, 4) is 0 Å². The Balaban J connectivity index is 1.51. The SMILES string of the molecule is CCC(=O)N1C[C@H]2CC[C@@H](C1)N2Cc1cc2ccccc2[nH]1. The molecule has 2 bridgehead atoms. The van der Waals surface area contributed by atoms with Gasteiger partial charge in [-0.05, 0) is 30.4 Å². The highest BCUT2D eigenvalue weighted by Crippen LogP contribution is 2.32. The van der Waals surface area contributed by atoms with Crippen LogP contribution in [0.15, 0.2) is 30.3 Å². The van der Waals surface area contributed by atoms with Gasteiger partial charge in [-0.3, -0.25) is 9.69 Å². The summed E-state index contributed by atoms with van der Waals surface area (Å²) in [6, 6.07) is 11.8. The molecule has 3 heterocycles. The second-order valence-corrected chi connectivity index (χ2v) is 6.59. The molecule has 1 aromatic heterocycles. The number of carbonyl (C=O) groups is 1. The van der Waals surface area contributed by atoms with Crippen molar-refractivity contribution < 1.29 is 4.79 Å². The molecule has 1 amide bonds. The zero-order valence-electron chi connectivity index (χ0n) is 13.1. The molecule has 0 unspecified atom stereocenters. The number of fused-ring (bicyclic) bond motifs is 3. The van der Waals surface area contributed by atoms with Gasteiger partial charge in [-0.25, -0.2) is 0 Å². The number of likely N-dealkylation sites (tertiary alicyclic amines) is 1. The summed E-state index contributed by atoms with van der Waals surface area (Å²) in [4.78, 5) is 20.2. The van der Waals surface area contributed by atoms with Gasteiger partial charge < -0.3 is 9.88 Å². The van der Waals surface area contributed by atoms with Crippen molar-refractivity contribution in [2.45, 2.75) is 44.8 Å². The van der Waals surface area contributed by atoms with E-state index in [1.54, 1.807) is 0 Å². The van der Waals surface area contributed by atoms with Gasteiger partial charge in [-0.15, -0.1) is 0 Å². The van der Waals surface area contributed by atoms with Gasteiger partial charge in [0.25, 0.3) is 0 Å². The fraction of sp³-hybridized carbons (Fsp3) is 0.500. The molecule has 1 N–H and O–H groups in total. The first-order chi connectivity index (χ1) is 10.7. The Kier molecular flexibility index (Phi) is 3.41. The molecular formula is C18H23N3O. The molecule has 2 aliphatic heterocycles. The smallest absolute Gasteiger partial charge is 0.222 e. The van der Waals surface area contributed by atoms with Crippen LogP contribution in [0.2, 0.25) is 0 Å². The highest BCUT2D eigenvalue weighted by Gasteiger charge is 2.40. The summed E-state index contributed by atoms with van der Waals surface area (Å²) in [5.74, 6) is 0.308. The number of nitrogens with one attached hydrogen (secondary N) is 1. The number of hydrogen-bond acceptors (Lipinski definition) is 2. The van der Waals surface area contributed by atoms with E-state index in [9.17, 15) is 4.79 Å². The van der Waals surface area contributed by atoms with Crippen molar-refractivity contribution in [2.75, 3.05) is 13.1 Å². The molecule has 4 nitrogen and oxygen atoms in total. The first-order valence-corrected chi connectivity index (χ1v) is 8.34. The van der Waals surface area contributed by atoms with E-state index in [4.69, 9.17) is 0 Å². The molecule has 4 heteroatoms. The summed E-state index contributed by atoms with van der Waals surface area (Å²) < 4.78 is 0. The summed E-state index contributed by atoms with van der Waals surface area (Å²) >= 11 is 0. The van der Waals surface area contributed by atoms with Crippen LogP contribution in [0.1, 0.15) is 31.9 Å². The fourth-order valence-corrected chi connectivity index (χ4v) is 4.09. The Hall–Kier alpha value is -1.81. The standard InChI is InChI=1S/C18H23N3O/c1-2-18(22)20-11-15-7-8-16(12-20)21(15)10-14-9-13-5-3-4-6-17(13)19-14/h3-6,9,15-16,19H,2,7-8,10-12H2,1H3/t15-,16+. The summed E-state index contributed by atoms with van der Waals surface area (Å²) in [5, 5.41) is 1.28. The molecule has 0 spiro atoms. The van der Waals surface area contributed by atoms with Gasteiger partial charge in [-0.1, -0.05) is 25.1 Å². The lowest BCUT2D eigenvalue weighted by molar-refractivity contribution is -0.134. The third-order valence-electron chi connectivity index (χ3n) is 5.23. The number of amides is 1. The van der Waals surface area contributed by atoms with E-state index in [-0.39, 0.29) is 0 Å². The number of hydrogen-bond donors (Lipinski definition) is 1. The second-order valence-electron chi connectivity index (χ2n) is 6.59. The van der Waals surface area contributed by atoms with Gasteiger partial charge in [-0.2, -0.15) is 0 Å². The normalized spacial score (nSPS) is 25.0. The summed E-state index contributed by atoms with van der Waals surface area (Å²) in [6.07, 6.45) is 3.07. The van der Waals surface area contributed by atoms with E-state index in [2.05, 4.69) is 45.1 Å². The monoisotopic (exact) mass is 297 g/mol. The van der Waals surface area contributed by atoms with Gasteiger partial charge in [0.2, 0.25) is 5.91 Å². The minimum atomic E-state index is 0.308. The molecule has 0 aliphatic carbocycles. The lowest BCUT2D eigenvalue weighted by atomic mass is 10.1. The van der Waals surface area contributed by atoms with Crippen molar-refractivity contribution >= 4 is 16.8 Å². The third-order valence-corrected chi connectivity index (χ3v) is 5.23. The summed E-state index contributed by atoms with van der Waals surface area (Å²) in [5.41, 5.74) is 2.50. The fourth-order valence-electron chi connectivity index (χ4n) is 4.09. The Bertz CT molecular complexity index is 645. The van der Waals surface area contributed by atoms with E-state index >= 15 is 0 Å². The maximum absolute atomic E-state index is 12.0. The van der Waals surface area contributed by atoms with Gasteiger partial charge >= 0.3 is 0 Å². The number of aromatic amines is 1. The van der Waals surface area contributed by atoms with Crippen LogP contribution in [0.4, 0.5) is 0 Å². The van der Waals surface area contributed by atoms with Crippen molar-refractivity contribution in [2.24, 2.45) is 0 Å². The Morgan fingerprint density at radius 2 is 1.95 bits per heavy atom. The highest BCUT2D eigenvalue weighted by atomic mass is 16.2. The van der Waals surface area contributed by atoms with Gasteiger partial charge in [0, 0.05) is 49.3 Å². The Labute approximate surface area is 131 Å². The molecular weight excluding hydrogens is 274 g/mol. The van der Waals surface area contributed by atoms with E-state index in [0.29, 0.717) is 24.4 Å². The number of nitrogens with zero attached hydrogens (tertiary/aromatic N) is 2. The maximum atomic E-state index is 12.0. The van der Waals surface area contributed by atoms with Crippen LogP contribution in [0.25, 0.3) is 10.9 Å². The van der Waals surface area contributed by atoms with Crippen molar-refractivity contribution in [3.05, 3.63) is 36.0 Å². The second kappa shape index (κ2) is 5.43. The number of carbonyl (C=O) groups excluding carboxylic acids is 1. The Morgan fingerprint density at radius 3 is 2.64 bits per heavy atom. The zero-order chi connectivity index (χ0) is 15.1. The van der Waals surface area contributed by atoms with Crippen LogP contribution in [0.3, 0.4) is 0 Å². The first-order valence-electron chi connectivity index (χ1n) is 8.34. The van der Waals surface area contributed by atoms with E-state index in [1.165, 1.54) is 29.4 Å². The third kappa shape index (κ3) is 2.31. The molecule has 116 valence electrons. The van der Waals surface area contributed by atoms with E-state index in [0.717, 1.165) is 19.6 Å². The number of para-hydroxylation sites is 1. The van der Waals surface area contributed by atoms with E-state index < -0.39 is 0 Å². The van der Waals surface area contributed by atoms with Gasteiger partial charge in [0.15, 0.2) is 0 Å². The molecule has 1 aromatic carbocycles. The lowest BCUT2D eigenvalue weighted by Crippen LogP contribution is -2.54. The number of rotatable bonds is 3. The quantitative estimate of drug-likeness (QED) is 0.946. The molecule has 2 fully saturated rings. The predicted molar refractivity (Wildman–Crippen MR) is 87.5 cm³/mol. The van der Waals surface area contributed by atoms with Crippen LogP contribution in [-0.2, 0) is 11.3 Å². The predicted octanol–water partition coefficient (Wildman–Crippen LogP) is 2.75. The van der Waals surface area contributed by atoms with Crippen molar-refractivity contribution in [1.82, 2.24) is 14.8 Å². The van der Waals surface area contributed by atoms with Gasteiger partial charge in [0.1, 0.15) is 0 Å². The van der Waals surface area contributed by atoms with Crippen LogP contribution in [0.5, 0.6) is 0 Å². The summed E-state index contributed by atoms with van der Waals surface area (Å²) in [6.45, 7) is 4.74. The Morgan fingerprint density at radius 1 is 1.23 bits per heavy atom. The van der Waals surface area contributed by atoms with Gasteiger partial charge in [0.05, 0.1) is 0 Å². The first kappa shape index (κ1) is 13.8. The molecule has 22 heavy (non-hydrogen) atoms. The van der Waals surface area contributed by atoms with Crippen LogP contribution >= 0.6 is 0 Å². The zero-order valence-corrected chi connectivity index (χ0v) is 13.1. The molecule has 0 radical (unpaired) electrons. The lowest BCUT2D eigenvalue weighted by Gasteiger charge is -2.40. The van der Waals surface area contributed by atoms with Crippen molar-refractivity contribution in [1.29, 1.82) is 0 Å². The molecule has 2 atom stereocenters. The average molecular weight is 297 g/mol. The molecule has 2 saturated heterocycles. The number of aromatic nitrogens is 1. The van der Waals surface area contributed by atoms with Crippen molar-refractivity contribution in [3.63, 3.8) is 0 Å². The maximum Gasteiger partial charge on any atom is 0.222 e. The topological polar surface area (TPSA) is 39.3 Å². The van der Waals surface area contributed by atoms with Crippen LogP contribution < -0.4 is 0 Å². The molecule has 2 aliphatic rings. The average Bonchev–Trinajstić information content (AvgIpc) is 3.03. The number of piperazine rings is 1. The molecule has 0 saturated carbocycles. The van der Waals surface area contributed by atoms with Crippen LogP contribution in [0, 0.1) is 0 Å². The molecule has 2 aromatic rings. The number of H-pyrrole nitrogens is 1. The van der Waals surface area contributed by atoms with Crippen LogP contribution in [-0.4, -0.2) is 45.9 Å². The highest BCUT2D eigenvalue weighted by molar-refractivity contribution is 5.80. The molecule has 4 rings (SSSR count).